The van der Waals surface area contributed by atoms with Gasteiger partial charge in [-0.3, -0.25) is 0 Å². The fraction of sp³-hybridized carbons (Fsp3) is 0.800. The van der Waals surface area contributed by atoms with Crippen molar-refractivity contribution in [2.24, 2.45) is 22.9 Å². The predicted octanol–water partition coefficient (Wildman–Crippen LogP) is -3.91. The zero-order valence-corrected chi connectivity index (χ0v) is 13.4. The fourth-order valence-electron chi connectivity index (χ4n) is 0. The molecule has 0 fully saturated rings. The Kier molecular flexibility index (Phi) is 42.6. The van der Waals surface area contributed by atoms with Crippen LogP contribution in [0.4, 0.5) is 0 Å². The molecule has 0 aliphatic heterocycles. The van der Waals surface area contributed by atoms with Gasteiger partial charge >= 0.3 is 20.4 Å². The molecule has 0 aromatic heterocycles. The predicted molar refractivity (Wildman–Crippen MR) is 66.8 cm³/mol. The van der Waals surface area contributed by atoms with Crippen LogP contribution in [0.3, 0.4) is 0 Å². The summed E-state index contributed by atoms with van der Waals surface area (Å²) in [4.78, 5) is 17.8. The molecule has 0 spiro atoms. The second-order valence-corrected chi connectivity index (χ2v) is 3.41. The van der Waals surface area contributed by atoms with Crippen LogP contribution in [0, 0.1) is 0 Å². The van der Waals surface area contributed by atoms with Gasteiger partial charge in [0.1, 0.15) is 0 Å². The number of aliphatic carboxylic acids is 2. The number of hydrogen-bond acceptors (Lipinski definition) is 8. The summed E-state index contributed by atoms with van der Waals surface area (Å²) >= 11 is 0. The summed E-state index contributed by atoms with van der Waals surface area (Å²) in [5, 5.41) is 17.8. The molecule has 0 amide bonds. The zero-order chi connectivity index (χ0) is 15.7. The van der Waals surface area contributed by atoms with E-state index in [0.29, 0.717) is 13.1 Å². The van der Waals surface area contributed by atoms with E-state index < -0.39 is 11.9 Å². The second kappa shape index (κ2) is 26.1. The van der Waals surface area contributed by atoms with Crippen molar-refractivity contribution in [3.05, 3.63) is 0 Å². The van der Waals surface area contributed by atoms with Gasteiger partial charge in [-0.25, -0.2) is 0 Å². The maximum absolute atomic E-state index is 8.89. The molecule has 120 valence electrons. The Balaban J connectivity index is -0.0000000453. The molecule has 9 heteroatoms. The van der Waals surface area contributed by atoms with Gasteiger partial charge in [-0.05, 0) is 27.7 Å². The Labute approximate surface area is 128 Å². The minimum atomic E-state index is -1.08. The minimum absolute atomic E-state index is 0. The van der Waals surface area contributed by atoms with Gasteiger partial charge in [-0.2, -0.15) is 0 Å². The first-order chi connectivity index (χ1) is 8.00. The Bertz CT molecular complexity index is 164. The summed E-state index contributed by atoms with van der Waals surface area (Å²) in [6, 6.07) is 0.324. The molecule has 0 aromatic carbocycles. The molecule has 19 heavy (non-hydrogen) atoms. The van der Waals surface area contributed by atoms with Crippen molar-refractivity contribution in [3.63, 3.8) is 0 Å². The van der Waals surface area contributed by atoms with Gasteiger partial charge < -0.3 is 42.7 Å². The molecule has 0 saturated carbocycles. The average Bonchev–Trinajstić information content (AvgIpc) is 2.16. The molecule has 0 radical (unpaired) electrons. The van der Waals surface area contributed by atoms with Gasteiger partial charge in [0, 0.05) is 37.1 Å². The van der Waals surface area contributed by atoms with Crippen LogP contribution in [-0.2, 0) is 30.0 Å². The van der Waals surface area contributed by atoms with Crippen molar-refractivity contribution in [2.75, 3.05) is 13.1 Å². The first-order valence-corrected chi connectivity index (χ1v) is 5.27. The average molecular weight is 373 g/mol. The molecular formula is C10H26N4O4Pd. The fourth-order valence-corrected chi connectivity index (χ4v) is 0. The van der Waals surface area contributed by atoms with E-state index in [1.807, 2.05) is 13.8 Å². The Hall–Kier alpha value is -0.558. The van der Waals surface area contributed by atoms with Gasteiger partial charge in [-0.15, -0.1) is 0 Å². The topological polar surface area (TPSA) is 184 Å². The van der Waals surface area contributed by atoms with E-state index in [1.54, 1.807) is 0 Å². The molecule has 0 heterocycles. The van der Waals surface area contributed by atoms with E-state index in [-0.39, 0.29) is 32.5 Å². The van der Waals surface area contributed by atoms with Crippen LogP contribution in [0.15, 0.2) is 0 Å². The molecule has 0 aliphatic carbocycles. The van der Waals surface area contributed by atoms with Crippen LogP contribution in [0.25, 0.3) is 0 Å². The first kappa shape index (κ1) is 31.1. The third kappa shape index (κ3) is 351. The summed E-state index contributed by atoms with van der Waals surface area (Å²) in [6.07, 6.45) is 0. The van der Waals surface area contributed by atoms with Crippen LogP contribution in [0.2, 0.25) is 0 Å². The van der Waals surface area contributed by atoms with Crippen molar-refractivity contribution < 1.29 is 40.2 Å². The standard InChI is InChI=1S/2C3H10N2.2C2H4O2.Pd/c2*1-3(5)2-4;2*1-2(3)4;/h2*3H,2,4-5H2,1H3;2*1H3,(H,3,4);/q;;;;+2/p-2. The van der Waals surface area contributed by atoms with Crippen molar-refractivity contribution >= 4 is 11.9 Å². The van der Waals surface area contributed by atoms with E-state index >= 15 is 0 Å². The quantitative estimate of drug-likeness (QED) is 0.354. The summed E-state index contributed by atoms with van der Waals surface area (Å²) in [6.45, 7) is 6.86. The molecule has 2 atom stereocenters. The number of carbonyl (C=O) groups is 2. The van der Waals surface area contributed by atoms with E-state index in [9.17, 15) is 0 Å². The molecule has 0 saturated heterocycles. The molecule has 0 aliphatic rings. The van der Waals surface area contributed by atoms with Gasteiger partial charge in [0.15, 0.2) is 0 Å². The van der Waals surface area contributed by atoms with Crippen LogP contribution < -0.4 is 33.1 Å². The number of rotatable bonds is 2. The van der Waals surface area contributed by atoms with E-state index in [2.05, 4.69) is 0 Å². The number of carboxylic acids is 2. The maximum Gasteiger partial charge on any atom is 2.00 e. The van der Waals surface area contributed by atoms with E-state index in [0.717, 1.165) is 13.8 Å². The third-order valence-electron chi connectivity index (χ3n) is 0.744. The van der Waals surface area contributed by atoms with E-state index in [4.69, 9.17) is 42.7 Å². The van der Waals surface area contributed by atoms with Gasteiger partial charge in [0.05, 0.1) is 0 Å². The van der Waals surface area contributed by atoms with Crippen molar-refractivity contribution in [1.82, 2.24) is 0 Å². The van der Waals surface area contributed by atoms with Crippen molar-refractivity contribution in [2.45, 2.75) is 39.8 Å². The minimum Gasteiger partial charge on any atom is -0.550 e. The van der Waals surface area contributed by atoms with E-state index in [1.165, 1.54) is 0 Å². The zero-order valence-electron chi connectivity index (χ0n) is 11.8. The Morgan fingerprint density at radius 3 is 0.947 bits per heavy atom. The molecule has 2 unspecified atom stereocenters. The number of hydrogen-bond donors (Lipinski definition) is 4. The number of carboxylic acid groups (broad SMARTS) is 2. The number of nitrogens with two attached hydrogens (primary N) is 4. The van der Waals surface area contributed by atoms with Gasteiger partial charge in [-0.1, -0.05) is 0 Å². The van der Waals surface area contributed by atoms with Gasteiger partial charge in [0.25, 0.3) is 0 Å². The Morgan fingerprint density at radius 2 is 0.947 bits per heavy atom. The first-order valence-electron chi connectivity index (χ1n) is 5.27. The summed E-state index contributed by atoms with van der Waals surface area (Å²) in [5.74, 6) is -2.17. The normalized spacial score (nSPS) is 10.5. The molecular weight excluding hydrogens is 347 g/mol. The monoisotopic (exact) mass is 372 g/mol. The number of carbonyl (C=O) groups excluding carboxylic acids is 2. The van der Waals surface area contributed by atoms with Crippen molar-refractivity contribution in [3.8, 4) is 0 Å². The van der Waals surface area contributed by atoms with Gasteiger partial charge in [0.2, 0.25) is 0 Å². The summed E-state index contributed by atoms with van der Waals surface area (Å²) in [7, 11) is 0. The van der Waals surface area contributed by atoms with Crippen LogP contribution in [0.1, 0.15) is 27.7 Å². The molecule has 8 N–H and O–H groups in total. The van der Waals surface area contributed by atoms with Crippen molar-refractivity contribution in [1.29, 1.82) is 0 Å². The van der Waals surface area contributed by atoms with Crippen LogP contribution in [0.5, 0.6) is 0 Å². The van der Waals surface area contributed by atoms with Crippen LogP contribution >= 0.6 is 0 Å². The molecule has 0 rings (SSSR count). The molecule has 0 aromatic rings. The smallest absolute Gasteiger partial charge is 0.550 e. The Morgan fingerprint density at radius 1 is 0.895 bits per heavy atom. The second-order valence-electron chi connectivity index (χ2n) is 3.41. The maximum atomic E-state index is 8.89. The third-order valence-corrected chi connectivity index (χ3v) is 0.744. The van der Waals surface area contributed by atoms with Crippen LogP contribution in [-0.4, -0.2) is 37.1 Å². The SMILES string of the molecule is CC(=O)[O-].CC(=O)[O-].CC(N)CN.CC(N)CN.[Pd+2]. The molecule has 0 bridgehead atoms. The molecule has 8 nitrogen and oxygen atoms in total. The summed E-state index contributed by atoms with van der Waals surface area (Å²) in [5.41, 5.74) is 20.4. The largest absolute Gasteiger partial charge is 2.00 e. The summed E-state index contributed by atoms with van der Waals surface area (Å²) < 4.78 is 0.